The third-order valence-electron chi connectivity index (χ3n) is 6.45. The summed E-state index contributed by atoms with van der Waals surface area (Å²) in [7, 11) is 0. The van der Waals surface area contributed by atoms with Crippen LogP contribution in [0.1, 0.15) is 44.2 Å². The van der Waals surface area contributed by atoms with Crippen molar-refractivity contribution in [3.05, 3.63) is 12.0 Å². The quantitative estimate of drug-likeness (QED) is 0.861. The van der Waals surface area contributed by atoms with Crippen LogP contribution in [0.25, 0.3) is 11.1 Å². The molecule has 4 heterocycles. The van der Waals surface area contributed by atoms with E-state index in [1.54, 1.807) is 6.33 Å². The van der Waals surface area contributed by atoms with Crippen LogP contribution in [0, 0.1) is 12.8 Å². The lowest BCUT2D eigenvalue weighted by molar-refractivity contribution is -0.127. The first-order valence-electron chi connectivity index (χ1n) is 10.6. The summed E-state index contributed by atoms with van der Waals surface area (Å²) in [5, 5.41) is 8.16. The average Bonchev–Trinajstić information content (AvgIpc) is 3.48. The number of nitrogens with one attached hydrogen (secondary N) is 1. The van der Waals surface area contributed by atoms with Crippen molar-refractivity contribution < 1.29 is 9.32 Å². The van der Waals surface area contributed by atoms with Crippen LogP contribution in [-0.4, -0.2) is 64.2 Å². The molecular formula is C20H28N6O2. The standard InChI is InChI=1S/C20H28N6O2/c1-13-17-18(21-12-22-20(17)28-24-13)25-9-6-16(7-10-25)26-8-2-3-14(11-26)19(27)23-15-4-5-15/h12,14-16H,2-11H2,1H3,(H,23,27)/t14-/m1/s1. The summed E-state index contributed by atoms with van der Waals surface area (Å²) in [6, 6.07) is 1.00. The summed E-state index contributed by atoms with van der Waals surface area (Å²) in [5.74, 6) is 1.37. The fourth-order valence-electron chi connectivity index (χ4n) is 4.69. The van der Waals surface area contributed by atoms with Crippen molar-refractivity contribution in [1.82, 2.24) is 25.3 Å². The van der Waals surface area contributed by atoms with Gasteiger partial charge in [-0.2, -0.15) is 4.98 Å². The van der Waals surface area contributed by atoms with E-state index in [4.69, 9.17) is 4.52 Å². The maximum absolute atomic E-state index is 12.5. The minimum atomic E-state index is 0.161. The number of aromatic nitrogens is 3. The number of fused-ring (bicyclic) bond motifs is 1. The first kappa shape index (κ1) is 17.8. The number of piperidine rings is 2. The monoisotopic (exact) mass is 384 g/mol. The summed E-state index contributed by atoms with van der Waals surface area (Å²) in [6.07, 6.45) is 8.20. The van der Waals surface area contributed by atoms with Gasteiger partial charge in [-0.25, -0.2) is 4.98 Å². The number of carbonyl (C=O) groups is 1. The summed E-state index contributed by atoms with van der Waals surface area (Å²) in [6.45, 7) is 5.87. The molecule has 1 aliphatic carbocycles. The molecule has 150 valence electrons. The number of nitrogens with zero attached hydrogens (tertiary/aromatic N) is 5. The van der Waals surface area contributed by atoms with E-state index in [2.05, 4.69) is 30.2 Å². The number of aryl methyl sites for hydroxylation is 1. The van der Waals surface area contributed by atoms with Crippen molar-refractivity contribution in [3.63, 3.8) is 0 Å². The molecular weight excluding hydrogens is 356 g/mol. The average molecular weight is 384 g/mol. The molecule has 2 aliphatic heterocycles. The molecule has 2 aromatic rings. The number of hydrogen-bond acceptors (Lipinski definition) is 7. The number of amides is 1. The highest BCUT2D eigenvalue weighted by Gasteiger charge is 2.34. The predicted molar refractivity (Wildman–Crippen MR) is 105 cm³/mol. The van der Waals surface area contributed by atoms with E-state index in [0.717, 1.165) is 81.6 Å². The van der Waals surface area contributed by atoms with Crippen molar-refractivity contribution in [2.24, 2.45) is 5.92 Å². The zero-order chi connectivity index (χ0) is 19.1. The first-order valence-corrected chi connectivity index (χ1v) is 10.6. The normalized spacial score (nSPS) is 24.6. The SMILES string of the molecule is Cc1noc2ncnc(N3CCC(N4CCC[C@@H](C(=O)NC5CC5)C4)CC3)c12. The second-order valence-electron chi connectivity index (χ2n) is 8.48. The van der Waals surface area contributed by atoms with Crippen molar-refractivity contribution in [2.75, 3.05) is 31.1 Å². The first-order chi connectivity index (χ1) is 13.7. The van der Waals surface area contributed by atoms with Crippen LogP contribution in [0.15, 0.2) is 10.9 Å². The van der Waals surface area contributed by atoms with Gasteiger partial charge in [0.05, 0.1) is 11.6 Å². The lowest BCUT2D eigenvalue weighted by Gasteiger charge is -2.42. The molecule has 1 atom stereocenters. The number of likely N-dealkylation sites (tertiary alicyclic amines) is 1. The molecule has 28 heavy (non-hydrogen) atoms. The van der Waals surface area contributed by atoms with E-state index in [1.807, 2.05) is 6.92 Å². The highest BCUT2D eigenvalue weighted by molar-refractivity contribution is 5.87. The number of rotatable bonds is 4. The molecule has 3 fully saturated rings. The molecule has 0 radical (unpaired) electrons. The highest BCUT2D eigenvalue weighted by Crippen LogP contribution is 2.30. The number of anilines is 1. The Labute approximate surface area is 164 Å². The topological polar surface area (TPSA) is 87.4 Å². The van der Waals surface area contributed by atoms with E-state index in [9.17, 15) is 4.79 Å². The third-order valence-corrected chi connectivity index (χ3v) is 6.45. The lowest BCUT2D eigenvalue weighted by atomic mass is 9.93. The molecule has 0 aromatic carbocycles. The van der Waals surface area contributed by atoms with Crippen LogP contribution < -0.4 is 10.2 Å². The van der Waals surface area contributed by atoms with Crippen LogP contribution in [-0.2, 0) is 4.79 Å². The van der Waals surface area contributed by atoms with Crippen molar-refractivity contribution >= 4 is 22.8 Å². The Bertz CT molecular complexity index is 855. The van der Waals surface area contributed by atoms with Crippen LogP contribution in [0.2, 0.25) is 0 Å². The van der Waals surface area contributed by atoms with Gasteiger partial charge in [0.1, 0.15) is 17.5 Å². The van der Waals surface area contributed by atoms with Crippen LogP contribution in [0.3, 0.4) is 0 Å². The van der Waals surface area contributed by atoms with Gasteiger partial charge in [-0.05, 0) is 52.0 Å². The van der Waals surface area contributed by atoms with Gasteiger partial charge in [-0.1, -0.05) is 5.16 Å². The largest absolute Gasteiger partial charge is 0.356 e. The molecule has 0 bridgehead atoms. The predicted octanol–water partition coefficient (Wildman–Crippen LogP) is 1.89. The Morgan fingerprint density at radius 2 is 1.96 bits per heavy atom. The van der Waals surface area contributed by atoms with Crippen molar-refractivity contribution in [3.8, 4) is 0 Å². The van der Waals surface area contributed by atoms with Gasteiger partial charge in [-0.3, -0.25) is 9.69 Å². The Hall–Kier alpha value is -2.22. The summed E-state index contributed by atoms with van der Waals surface area (Å²) >= 11 is 0. The maximum atomic E-state index is 12.5. The highest BCUT2D eigenvalue weighted by atomic mass is 16.5. The Morgan fingerprint density at radius 1 is 1.14 bits per heavy atom. The fraction of sp³-hybridized carbons (Fsp3) is 0.700. The zero-order valence-corrected chi connectivity index (χ0v) is 16.4. The zero-order valence-electron chi connectivity index (χ0n) is 16.4. The van der Waals surface area contributed by atoms with Crippen molar-refractivity contribution in [1.29, 1.82) is 0 Å². The lowest BCUT2D eigenvalue weighted by Crippen LogP contribution is -2.51. The number of hydrogen-bond donors (Lipinski definition) is 1. The maximum Gasteiger partial charge on any atom is 0.263 e. The van der Waals surface area contributed by atoms with Gasteiger partial charge in [-0.15, -0.1) is 0 Å². The molecule has 1 amide bonds. The number of carbonyl (C=O) groups excluding carboxylic acids is 1. The summed E-state index contributed by atoms with van der Waals surface area (Å²) < 4.78 is 5.29. The molecule has 0 spiro atoms. The molecule has 0 unspecified atom stereocenters. The molecule has 8 nitrogen and oxygen atoms in total. The van der Waals surface area contributed by atoms with Gasteiger partial charge in [0, 0.05) is 31.7 Å². The molecule has 3 aliphatic rings. The molecule has 5 rings (SSSR count). The molecule has 1 saturated carbocycles. The van der Waals surface area contributed by atoms with Gasteiger partial charge >= 0.3 is 0 Å². The van der Waals surface area contributed by atoms with Crippen LogP contribution >= 0.6 is 0 Å². The van der Waals surface area contributed by atoms with E-state index < -0.39 is 0 Å². The van der Waals surface area contributed by atoms with E-state index in [0.29, 0.717) is 17.8 Å². The Morgan fingerprint density at radius 3 is 2.75 bits per heavy atom. The second kappa shape index (κ2) is 7.31. The fourth-order valence-corrected chi connectivity index (χ4v) is 4.69. The molecule has 2 aromatic heterocycles. The summed E-state index contributed by atoms with van der Waals surface area (Å²) in [5.41, 5.74) is 1.40. The Balaban J connectivity index is 1.22. The molecule has 1 N–H and O–H groups in total. The Kier molecular flexibility index (Phi) is 4.66. The van der Waals surface area contributed by atoms with E-state index in [-0.39, 0.29) is 11.8 Å². The van der Waals surface area contributed by atoms with Gasteiger partial charge in [0.2, 0.25) is 5.91 Å². The van der Waals surface area contributed by atoms with E-state index >= 15 is 0 Å². The van der Waals surface area contributed by atoms with Gasteiger partial charge in [0.15, 0.2) is 0 Å². The minimum Gasteiger partial charge on any atom is -0.356 e. The minimum absolute atomic E-state index is 0.161. The van der Waals surface area contributed by atoms with Crippen LogP contribution in [0.4, 0.5) is 5.82 Å². The smallest absolute Gasteiger partial charge is 0.263 e. The van der Waals surface area contributed by atoms with Crippen molar-refractivity contribution in [2.45, 2.75) is 57.5 Å². The summed E-state index contributed by atoms with van der Waals surface area (Å²) in [4.78, 5) is 26.0. The van der Waals surface area contributed by atoms with Gasteiger partial charge in [0.25, 0.3) is 5.71 Å². The third kappa shape index (κ3) is 3.45. The van der Waals surface area contributed by atoms with Crippen LogP contribution in [0.5, 0.6) is 0 Å². The van der Waals surface area contributed by atoms with Gasteiger partial charge < -0.3 is 14.7 Å². The second-order valence-corrected chi connectivity index (χ2v) is 8.48. The molecule has 2 saturated heterocycles. The van der Waals surface area contributed by atoms with E-state index in [1.165, 1.54) is 0 Å². The molecule has 8 heteroatoms.